The lowest BCUT2D eigenvalue weighted by Gasteiger charge is -1.99. The van der Waals surface area contributed by atoms with E-state index < -0.39 is 5.97 Å². The highest BCUT2D eigenvalue weighted by Gasteiger charge is 1.84. The number of rotatable bonds is 6. The first-order chi connectivity index (χ1) is 7.15. The average molecular weight is 218 g/mol. The number of aliphatic carboxylic acids is 1. The van der Waals surface area contributed by atoms with Gasteiger partial charge in [0.1, 0.15) is 0 Å². The summed E-state index contributed by atoms with van der Waals surface area (Å²) < 4.78 is 5.31. The smallest absolute Gasteiger partial charge is 0.300 e. The van der Waals surface area contributed by atoms with Crippen LogP contribution in [0, 0.1) is 0 Å². The topological polar surface area (TPSA) is 46.5 Å². The third-order valence-corrected chi connectivity index (χ3v) is 1.28. The van der Waals surface area contributed by atoms with Crippen LogP contribution >= 0.6 is 0 Å². The highest BCUT2D eigenvalue weighted by molar-refractivity contribution is 5.62. The molecule has 0 bridgehead atoms. The third-order valence-electron chi connectivity index (χ3n) is 1.28. The Labute approximate surface area is 94.1 Å². The van der Waals surface area contributed by atoms with Gasteiger partial charge in [0.2, 0.25) is 0 Å². The second-order valence-electron chi connectivity index (χ2n) is 2.84. The van der Waals surface area contributed by atoms with Gasteiger partial charge in [-0.3, -0.25) is 4.79 Å². The van der Waals surface area contributed by atoms with Gasteiger partial charge in [-0.25, -0.2) is 0 Å². The van der Waals surface area contributed by atoms with Gasteiger partial charge in [0, 0.05) is 20.1 Å². The molecule has 0 atom stereocenters. The van der Waals surface area contributed by atoms with E-state index in [1.54, 1.807) is 0 Å². The average Bonchev–Trinajstić information content (AvgIpc) is 2.20. The number of unbranched alkanes of at least 4 members (excludes halogenated alkanes) is 2. The van der Waals surface area contributed by atoms with Crippen molar-refractivity contribution in [1.82, 2.24) is 0 Å². The Morgan fingerprint density at radius 1 is 1.13 bits per heavy atom. The van der Waals surface area contributed by atoms with Crippen LogP contribution in [0.25, 0.3) is 0 Å². The Kier molecular flexibility index (Phi) is 30.5. The second kappa shape index (κ2) is 23.2. The molecular weight excluding hydrogens is 192 g/mol. The molecule has 15 heavy (non-hydrogen) atoms. The fourth-order valence-electron chi connectivity index (χ4n) is 0.595. The minimum absolute atomic E-state index is 0.833. The van der Waals surface area contributed by atoms with Gasteiger partial charge in [-0.1, -0.05) is 26.7 Å². The van der Waals surface area contributed by atoms with Gasteiger partial charge >= 0.3 is 0 Å². The van der Waals surface area contributed by atoms with Gasteiger partial charge in [-0.05, 0) is 12.8 Å². The molecule has 0 aromatic heterocycles. The van der Waals surface area contributed by atoms with Crippen molar-refractivity contribution in [3.05, 3.63) is 13.2 Å². The van der Waals surface area contributed by atoms with Crippen molar-refractivity contribution < 1.29 is 14.6 Å². The molecule has 0 saturated carbocycles. The van der Waals surface area contributed by atoms with E-state index in [-0.39, 0.29) is 0 Å². The second-order valence-corrected chi connectivity index (χ2v) is 2.84. The summed E-state index contributed by atoms with van der Waals surface area (Å²) in [5.74, 6) is -0.833. The van der Waals surface area contributed by atoms with Gasteiger partial charge < -0.3 is 9.84 Å². The summed E-state index contributed by atoms with van der Waals surface area (Å²) in [7, 11) is 0. The Morgan fingerprint density at radius 3 is 1.60 bits per heavy atom. The van der Waals surface area contributed by atoms with E-state index in [1.165, 1.54) is 25.7 Å². The van der Waals surface area contributed by atoms with Crippen LogP contribution in [0.15, 0.2) is 13.2 Å². The zero-order valence-electron chi connectivity index (χ0n) is 10.4. The summed E-state index contributed by atoms with van der Waals surface area (Å²) in [5.41, 5.74) is 0. The lowest BCUT2D eigenvalue weighted by Crippen LogP contribution is -1.95. The van der Waals surface area contributed by atoms with E-state index in [9.17, 15) is 0 Å². The maximum absolute atomic E-state index is 9.00. The van der Waals surface area contributed by atoms with E-state index in [4.69, 9.17) is 14.6 Å². The van der Waals surface area contributed by atoms with Crippen molar-refractivity contribution in [2.24, 2.45) is 0 Å². The van der Waals surface area contributed by atoms with Crippen molar-refractivity contribution in [3.63, 3.8) is 0 Å². The Hall–Kier alpha value is -0.830. The molecule has 3 heteroatoms. The quantitative estimate of drug-likeness (QED) is 0.548. The highest BCUT2D eigenvalue weighted by Crippen LogP contribution is 1.91. The molecular formula is C12H26O3. The minimum Gasteiger partial charge on any atom is -0.481 e. The van der Waals surface area contributed by atoms with Crippen LogP contribution in [0.2, 0.25) is 0 Å². The third kappa shape index (κ3) is 61.5. The van der Waals surface area contributed by atoms with Crippen LogP contribution in [0.3, 0.4) is 0 Å². The van der Waals surface area contributed by atoms with Crippen LogP contribution in [0.5, 0.6) is 0 Å². The zero-order chi connectivity index (χ0) is 12.5. The number of carbonyl (C=O) groups is 1. The summed E-state index contributed by atoms with van der Waals surface area (Å²) >= 11 is 0. The van der Waals surface area contributed by atoms with Gasteiger partial charge in [-0.15, -0.1) is 13.2 Å². The van der Waals surface area contributed by atoms with Gasteiger partial charge in [0.05, 0.1) is 0 Å². The van der Waals surface area contributed by atoms with Crippen molar-refractivity contribution in [2.45, 2.75) is 46.5 Å². The molecule has 0 radical (unpaired) electrons. The van der Waals surface area contributed by atoms with Crippen molar-refractivity contribution in [1.29, 1.82) is 0 Å². The van der Waals surface area contributed by atoms with E-state index >= 15 is 0 Å². The number of carboxylic acids is 1. The van der Waals surface area contributed by atoms with E-state index in [2.05, 4.69) is 27.0 Å². The Bertz CT molecular complexity index is 103. The molecule has 3 nitrogen and oxygen atoms in total. The van der Waals surface area contributed by atoms with Crippen LogP contribution in [0.4, 0.5) is 0 Å². The van der Waals surface area contributed by atoms with Gasteiger partial charge in [0.15, 0.2) is 0 Å². The number of hydrogen-bond acceptors (Lipinski definition) is 2. The lowest BCUT2D eigenvalue weighted by atomic mass is 10.3. The predicted octanol–water partition coefficient (Wildman–Crippen LogP) is 3.50. The molecule has 0 spiro atoms. The molecule has 92 valence electrons. The largest absolute Gasteiger partial charge is 0.481 e. The maximum atomic E-state index is 9.00. The fourth-order valence-corrected chi connectivity index (χ4v) is 0.595. The summed E-state index contributed by atoms with van der Waals surface area (Å²) in [6.07, 6.45) is 4.91. The molecule has 0 aliphatic carbocycles. The van der Waals surface area contributed by atoms with Gasteiger partial charge in [0.25, 0.3) is 5.97 Å². The van der Waals surface area contributed by atoms with Gasteiger partial charge in [-0.2, -0.15) is 0 Å². The van der Waals surface area contributed by atoms with E-state index in [0.29, 0.717) is 0 Å². The number of ether oxygens (including phenoxy) is 1. The minimum atomic E-state index is -0.833. The zero-order valence-corrected chi connectivity index (χ0v) is 10.4. The molecule has 0 aromatic carbocycles. The maximum Gasteiger partial charge on any atom is 0.300 e. The first-order valence-corrected chi connectivity index (χ1v) is 5.42. The number of carboxylic acid groups (broad SMARTS) is 1. The highest BCUT2D eigenvalue weighted by atomic mass is 16.5. The monoisotopic (exact) mass is 218 g/mol. The first kappa shape index (κ1) is 19.7. The molecule has 0 saturated heterocycles. The van der Waals surface area contributed by atoms with E-state index in [0.717, 1.165) is 20.1 Å². The standard InChI is InChI=1S/C8H18O.C2H4O2.C2H4/c1-3-5-7-9-8-6-4-2;1-2(3)4;1-2/h3-8H2,1-2H3;1H3,(H,3,4);1-2H2. The predicted molar refractivity (Wildman–Crippen MR) is 65.2 cm³/mol. The summed E-state index contributed by atoms with van der Waals surface area (Å²) in [5, 5.41) is 7.42. The molecule has 1 N–H and O–H groups in total. The summed E-state index contributed by atoms with van der Waals surface area (Å²) in [6.45, 7) is 13.4. The van der Waals surface area contributed by atoms with Crippen molar-refractivity contribution in [3.8, 4) is 0 Å². The fraction of sp³-hybridized carbons (Fsp3) is 0.750. The molecule has 0 rings (SSSR count). The van der Waals surface area contributed by atoms with Crippen LogP contribution in [0.1, 0.15) is 46.5 Å². The summed E-state index contributed by atoms with van der Waals surface area (Å²) in [4.78, 5) is 9.00. The van der Waals surface area contributed by atoms with Crippen LogP contribution < -0.4 is 0 Å². The van der Waals surface area contributed by atoms with Crippen LogP contribution in [-0.2, 0) is 9.53 Å². The Morgan fingerprint density at radius 2 is 1.40 bits per heavy atom. The molecule has 0 fully saturated rings. The Balaban J connectivity index is -0.000000202. The van der Waals surface area contributed by atoms with Crippen molar-refractivity contribution >= 4 is 5.97 Å². The molecule has 0 unspecified atom stereocenters. The molecule has 0 amide bonds. The first-order valence-electron chi connectivity index (χ1n) is 5.42. The molecule has 0 heterocycles. The molecule has 0 aromatic rings. The van der Waals surface area contributed by atoms with Crippen molar-refractivity contribution in [2.75, 3.05) is 13.2 Å². The van der Waals surface area contributed by atoms with Crippen LogP contribution in [-0.4, -0.2) is 24.3 Å². The molecule has 0 aliphatic rings. The normalized spacial score (nSPS) is 7.93. The lowest BCUT2D eigenvalue weighted by molar-refractivity contribution is -0.134. The number of hydrogen-bond donors (Lipinski definition) is 1. The SMILES string of the molecule is C=C.CC(=O)O.CCCCOCCCC. The van der Waals surface area contributed by atoms with E-state index in [1.807, 2.05) is 0 Å². The summed E-state index contributed by atoms with van der Waals surface area (Å²) in [6, 6.07) is 0. The molecule has 0 aliphatic heterocycles.